The molecule has 12 nitrogen and oxygen atoms in total. The van der Waals surface area contributed by atoms with Crippen LogP contribution in [0, 0.1) is 0 Å². The van der Waals surface area contributed by atoms with Crippen LogP contribution in [-0.4, -0.2) is 70.6 Å². The average Bonchev–Trinajstić information content (AvgIpc) is 3.35. The molecule has 0 aromatic carbocycles. The van der Waals surface area contributed by atoms with Crippen LogP contribution in [-0.2, 0) is 9.47 Å². The fourth-order valence-corrected chi connectivity index (χ4v) is 2.75. The van der Waals surface area contributed by atoms with Crippen molar-refractivity contribution in [1.82, 2.24) is 29.5 Å². The molecule has 0 bridgehead atoms. The molecular formula is C14H14N6O6. The van der Waals surface area contributed by atoms with E-state index in [1.807, 2.05) is 0 Å². The zero-order valence-electron chi connectivity index (χ0n) is 13.1. The molecule has 26 heavy (non-hydrogen) atoms. The maximum atomic E-state index is 11.8. The summed E-state index contributed by atoms with van der Waals surface area (Å²) in [6.07, 6.45) is 0.676. The van der Waals surface area contributed by atoms with Crippen molar-refractivity contribution in [3.05, 3.63) is 41.2 Å². The molecular weight excluding hydrogens is 348 g/mol. The lowest BCUT2D eigenvalue weighted by Gasteiger charge is -2.16. The zero-order chi connectivity index (χ0) is 18.3. The molecule has 3 aromatic rings. The zero-order valence-corrected chi connectivity index (χ0v) is 13.1. The first-order valence-electron chi connectivity index (χ1n) is 7.64. The van der Waals surface area contributed by atoms with Crippen LogP contribution in [0.2, 0.25) is 0 Å². The second kappa shape index (κ2) is 6.33. The first-order valence-corrected chi connectivity index (χ1v) is 7.64. The Morgan fingerprint density at radius 1 is 1.27 bits per heavy atom. The number of hydrogen-bond donors (Lipinski definition) is 4. The van der Waals surface area contributed by atoms with Crippen LogP contribution in [0.4, 0.5) is 0 Å². The Hall–Kier alpha value is -3.09. The van der Waals surface area contributed by atoms with Gasteiger partial charge in [-0.2, -0.15) is 0 Å². The molecule has 3 aromatic heterocycles. The number of imidazole rings is 2. The summed E-state index contributed by atoms with van der Waals surface area (Å²) >= 11 is 0. The SMILES string of the molecule is O=C(OC[C@H]1O[C@@H](n2cnc3c(=O)[nH]cnc32)[C@H](O)[C@@H]1O)c1ncc[nH]1. The molecule has 4 N–H and O–H groups in total. The lowest BCUT2D eigenvalue weighted by molar-refractivity contribution is -0.0567. The number of esters is 1. The lowest BCUT2D eigenvalue weighted by Crippen LogP contribution is -2.34. The van der Waals surface area contributed by atoms with Gasteiger partial charge in [-0.05, 0) is 0 Å². The summed E-state index contributed by atoms with van der Waals surface area (Å²) in [7, 11) is 0. The molecule has 0 saturated carbocycles. The van der Waals surface area contributed by atoms with Gasteiger partial charge in [0.05, 0.1) is 12.7 Å². The van der Waals surface area contributed by atoms with Crippen molar-refractivity contribution in [1.29, 1.82) is 0 Å². The quantitative estimate of drug-likeness (QED) is 0.396. The molecule has 4 heterocycles. The summed E-state index contributed by atoms with van der Waals surface area (Å²) in [6.45, 7) is -0.297. The van der Waals surface area contributed by atoms with Crippen LogP contribution in [0.1, 0.15) is 16.8 Å². The van der Waals surface area contributed by atoms with Crippen molar-refractivity contribution in [3.63, 3.8) is 0 Å². The van der Waals surface area contributed by atoms with Crippen LogP contribution >= 0.6 is 0 Å². The number of H-pyrrole nitrogens is 2. The number of hydrogen-bond acceptors (Lipinski definition) is 9. The van der Waals surface area contributed by atoms with Crippen molar-refractivity contribution in [3.8, 4) is 0 Å². The summed E-state index contributed by atoms with van der Waals surface area (Å²) in [4.78, 5) is 40.2. The van der Waals surface area contributed by atoms with Gasteiger partial charge in [0.1, 0.15) is 24.9 Å². The van der Waals surface area contributed by atoms with Crippen molar-refractivity contribution in [2.45, 2.75) is 24.5 Å². The number of rotatable bonds is 4. The number of carbonyl (C=O) groups is 1. The van der Waals surface area contributed by atoms with Crippen LogP contribution in [0.3, 0.4) is 0 Å². The summed E-state index contributed by atoms with van der Waals surface area (Å²) < 4.78 is 12.0. The van der Waals surface area contributed by atoms with Crippen LogP contribution in [0.25, 0.3) is 11.2 Å². The van der Waals surface area contributed by atoms with Crippen LogP contribution < -0.4 is 5.56 Å². The van der Waals surface area contributed by atoms with Gasteiger partial charge in [-0.3, -0.25) is 9.36 Å². The topological polar surface area (TPSA) is 168 Å². The van der Waals surface area contributed by atoms with E-state index in [0.717, 1.165) is 0 Å². The van der Waals surface area contributed by atoms with Gasteiger partial charge in [-0.15, -0.1) is 0 Å². The normalized spacial score (nSPS) is 25.6. The van der Waals surface area contributed by atoms with E-state index in [-0.39, 0.29) is 23.6 Å². The highest BCUT2D eigenvalue weighted by molar-refractivity contribution is 5.85. The molecule has 136 valence electrons. The van der Waals surface area contributed by atoms with Crippen molar-refractivity contribution in [2.24, 2.45) is 0 Å². The maximum Gasteiger partial charge on any atom is 0.374 e. The third-order valence-electron chi connectivity index (χ3n) is 4.05. The number of carbonyl (C=O) groups excluding carboxylic acids is 1. The third kappa shape index (κ3) is 2.65. The maximum absolute atomic E-state index is 11.8. The number of aromatic nitrogens is 6. The van der Waals surface area contributed by atoms with E-state index in [1.54, 1.807) is 0 Å². The highest BCUT2D eigenvalue weighted by Crippen LogP contribution is 2.31. The molecule has 0 amide bonds. The van der Waals surface area contributed by atoms with Gasteiger partial charge in [0.2, 0.25) is 5.82 Å². The fraction of sp³-hybridized carbons (Fsp3) is 0.357. The van der Waals surface area contributed by atoms with Crippen molar-refractivity contribution >= 4 is 17.1 Å². The van der Waals surface area contributed by atoms with Gasteiger partial charge >= 0.3 is 5.97 Å². The minimum atomic E-state index is -1.33. The number of nitrogens with zero attached hydrogens (tertiary/aromatic N) is 4. The molecule has 0 aliphatic carbocycles. The Morgan fingerprint density at radius 3 is 2.88 bits per heavy atom. The first-order chi connectivity index (χ1) is 12.6. The average molecular weight is 362 g/mol. The number of ether oxygens (including phenoxy) is 2. The molecule has 0 spiro atoms. The Kier molecular flexibility index (Phi) is 3.99. The Bertz CT molecular complexity index is 981. The standard InChI is InChI=1S/C14H14N6O6/c21-8-6(3-25-14(24)10-15-1-2-16-10)26-13(9(8)22)20-5-19-7-11(20)17-4-18-12(7)23/h1-2,4-6,8-9,13,21-22H,3H2,(H,15,16)(H,17,18,23)/t6-,8-,9-,13-/m1/s1. The largest absolute Gasteiger partial charge is 0.457 e. The van der Waals surface area contributed by atoms with Gasteiger partial charge in [-0.25, -0.2) is 19.7 Å². The van der Waals surface area contributed by atoms with E-state index in [0.29, 0.717) is 0 Å². The predicted molar refractivity (Wildman–Crippen MR) is 82.9 cm³/mol. The molecule has 12 heteroatoms. The van der Waals surface area contributed by atoms with E-state index in [2.05, 4.69) is 24.9 Å². The number of aliphatic hydroxyl groups excluding tert-OH is 2. The second-order valence-electron chi connectivity index (χ2n) is 5.64. The van der Waals surface area contributed by atoms with Gasteiger partial charge in [0, 0.05) is 12.4 Å². The van der Waals surface area contributed by atoms with Gasteiger partial charge in [0.15, 0.2) is 17.4 Å². The molecule has 4 rings (SSSR count). The molecule has 4 atom stereocenters. The fourth-order valence-electron chi connectivity index (χ4n) is 2.75. The summed E-state index contributed by atoms with van der Waals surface area (Å²) in [6, 6.07) is 0. The molecule has 1 aliphatic heterocycles. The van der Waals surface area contributed by atoms with E-state index in [1.165, 1.54) is 29.6 Å². The summed E-state index contributed by atoms with van der Waals surface area (Å²) in [5.74, 6) is -0.705. The number of aliphatic hydroxyl groups is 2. The number of nitrogens with one attached hydrogen (secondary N) is 2. The van der Waals surface area contributed by atoms with E-state index >= 15 is 0 Å². The Balaban J connectivity index is 1.51. The van der Waals surface area contributed by atoms with Crippen LogP contribution in [0.15, 0.2) is 29.8 Å². The molecule has 1 fully saturated rings. The van der Waals surface area contributed by atoms with E-state index in [4.69, 9.17) is 9.47 Å². The number of fused-ring (bicyclic) bond motifs is 1. The smallest absolute Gasteiger partial charge is 0.374 e. The van der Waals surface area contributed by atoms with Crippen molar-refractivity contribution in [2.75, 3.05) is 6.61 Å². The number of aromatic amines is 2. The molecule has 1 aliphatic rings. The second-order valence-corrected chi connectivity index (χ2v) is 5.64. The van der Waals surface area contributed by atoms with Gasteiger partial charge in [-0.1, -0.05) is 0 Å². The molecule has 0 unspecified atom stereocenters. The van der Waals surface area contributed by atoms with Gasteiger partial charge < -0.3 is 29.7 Å². The Morgan fingerprint density at radius 2 is 2.12 bits per heavy atom. The minimum Gasteiger partial charge on any atom is -0.457 e. The molecule has 1 saturated heterocycles. The third-order valence-corrected chi connectivity index (χ3v) is 4.05. The minimum absolute atomic E-state index is 0.0126. The van der Waals surface area contributed by atoms with Crippen LogP contribution in [0.5, 0.6) is 0 Å². The van der Waals surface area contributed by atoms with E-state index < -0.39 is 36.1 Å². The highest BCUT2D eigenvalue weighted by atomic mass is 16.6. The van der Waals surface area contributed by atoms with E-state index in [9.17, 15) is 19.8 Å². The summed E-state index contributed by atoms with van der Waals surface area (Å²) in [5, 5.41) is 20.5. The summed E-state index contributed by atoms with van der Waals surface area (Å²) in [5.41, 5.74) is -0.172. The monoisotopic (exact) mass is 362 g/mol. The lowest BCUT2D eigenvalue weighted by atomic mass is 10.1. The molecule has 0 radical (unpaired) electrons. The Labute approximate surface area is 144 Å². The van der Waals surface area contributed by atoms with Gasteiger partial charge in [0.25, 0.3) is 5.56 Å². The van der Waals surface area contributed by atoms with Crippen molar-refractivity contribution < 1.29 is 24.5 Å². The highest BCUT2D eigenvalue weighted by Gasteiger charge is 2.45. The predicted octanol–water partition coefficient (Wildman–Crippen LogP) is -1.68. The first kappa shape index (κ1) is 16.4.